The first kappa shape index (κ1) is 19.7. The molecule has 0 amide bonds. The van der Waals surface area contributed by atoms with Crippen molar-refractivity contribution in [3.8, 4) is 0 Å². The minimum atomic E-state index is -0.497. The number of carbonyl (C=O) groups is 2. The standard InChI is InChI=1S/C18H25BrO4/c1-12(2)7-9-22-17(20)15-6-5-14(19)11-16(15)18(21)23-10-8-13(3)4/h5-6,11-13H,7-10H2,1-4H3. The zero-order valence-corrected chi connectivity index (χ0v) is 15.8. The lowest BCUT2D eigenvalue weighted by Gasteiger charge is -2.11. The van der Waals surface area contributed by atoms with Gasteiger partial charge in [-0.15, -0.1) is 0 Å². The summed E-state index contributed by atoms with van der Waals surface area (Å²) in [6, 6.07) is 4.89. The molecule has 0 atom stereocenters. The maximum atomic E-state index is 12.2. The van der Waals surface area contributed by atoms with Crippen LogP contribution in [-0.2, 0) is 9.47 Å². The van der Waals surface area contributed by atoms with E-state index in [9.17, 15) is 9.59 Å². The summed E-state index contributed by atoms with van der Waals surface area (Å²) in [4.78, 5) is 24.4. The summed E-state index contributed by atoms with van der Waals surface area (Å²) in [5, 5.41) is 0. The van der Waals surface area contributed by atoms with E-state index in [4.69, 9.17) is 9.47 Å². The summed E-state index contributed by atoms with van der Waals surface area (Å²) in [5.41, 5.74) is 0.476. The minimum Gasteiger partial charge on any atom is -0.462 e. The molecule has 1 aromatic rings. The second-order valence-electron chi connectivity index (χ2n) is 6.33. The Hall–Kier alpha value is -1.36. The molecule has 0 aliphatic carbocycles. The molecule has 0 bridgehead atoms. The van der Waals surface area contributed by atoms with E-state index in [1.165, 1.54) is 0 Å². The molecule has 0 N–H and O–H groups in total. The summed E-state index contributed by atoms with van der Waals surface area (Å²) < 4.78 is 11.2. The molecule has 128 valence electrons. The summed E-state index contributed by atoms with van der Waals surface area (Å²) in [5.74, 6) is -0.0873. The maximum absolute atomic E-state index is 12.2. The van der Waals surface area contributed by atoms with Crippen LogP contribution in [0, 0.1) is 11.8 Å². The third kappa shape index (κ3) is 7.16. The van der Waals surface area contributed by atoms with Crippen LogP contribution in [0.1, 0.15) is 61.3 Å². The predicted octanol–water partition coefficient (Wildman–Crippen LogP) is 4.85. The second-order valence-corrected chi connectivity index (χ2v) is 7.24. The van der Waals surface area contributed by atoms with E-state index in [0.29, 0.717) is 29.5 Å². The zero-order valence-electron chi connectivity index (χ0n) is 14.2. The van der Waals surface area contributed by atoms with E-state index in [-0.39, 0.29) is 11.1 Å². The molecule has 1 aromatic carbocycles. The van der Waals surface area contributed by atoms with Crippen molar-refractivity contribution in [3.63, 3.8) is 0 Å². The molecule has 0 aliphatic rings. The second kappa shape index (κ2) is 9.71. The van der Waals surface area contributed by atoms with Crippen LogP contribution in [0.25, 0.3) is 0 Å². The fourth-order valence-corrected chi connectivity index (χ4v) is 2.15. The first-order chi connectivity index (χ1) is 10.8. The van der Waals surface area contributed by atoms with Crippen LogP contribution in [0.2, 0.25) is 0 Å². The van der Waals surface area contributed by atoms with Crippen molar-refractivity contribution in [1.29, 1.82) is 0 Å². The van der Waals surface area contributed by atoms with Gasteiger partial charge in [0.15, 0.2) is 0 Å². The molecular formula is C18H25BrO4. The van der Waals surface area contributed by atoms with Crippen LogP contribution in [0.3, 0.4) is 0 Å². The maximum Gasteiger partial charge on any atom is 0.339 e. The van der Waals surface area contributed by atoms with Crippen LogP contribution in [0.5, 0.6) is 0 Å². The van der Waals surface area contributed by atoms with Crippen LogP contribution in [0.15, 0.2) is 22.7 Å². The minimum absolute atomic E-state index is 0.234. The van der Waals surface area contributed by atoms with E-state index >= 15 is 0 Å². The number of hydrogen-bond acceptors (Lipinski definition) is 4. The van der Waals surface area contributed by atoms with Crippen molar-refractivity contribution in [1.82, 2.24) is 0 Å². The SMILES string of the molecule is CC(C)CCOC(=O)c1ccc(Br)cc1C(=O)OCCC(C)C. The molecule has 0 saturated heterocycles. The number of esters is 2. The van der Waals surface area contributed by atoms with Crippen molar-refractivity contribution in [2.24, 2.45) is 11.8 Å². The Morgan fingerprint density at radius 1 is 0.913 bits per heavy atom. The smallest absolute Gasteiger partial charge is 0.339 e. The average Bonchev–Trinajstić information content (AvgIpc) is 2.46. The molecule has 0 unspecified atom stereocenters. The van der Waals surface area contributed by atoms with Gasteiger partial charge < -0.3 is 9.47 Å². The highest BCUT2D eigenvalue weighted by Gasteiger charge is 2.20. The van der Waals surface area contributed by atoms with Gasteiger partial charge in [-0.2, -0.15) is 0 Å². The molecule has 0 radical (unpaired) electrons. The van der Waals surface area contributed by atoms with Crippen LogP contribution in [-0.4, -0.2) is 25.2 Å². The molecule has 0 heterocycles. The summed E-state index contributed by atoms with van der Waals surface area (Å²) in [6.07, 6.45) is 1.57. The van der Waals surface area contributed by atoms with Gasteiger partial charge in [0.05, 0.1) is 24.3 Å². The highest BCUT2D eigenvalue weighted by molar-refractivity contribution is 9.10. The van der Waals surface area contributed by atoms with E-state index in [1.807, 2.05) is 0 Å². The highest BCUT2D eigenvalue weighted by atomic mass is 79.9. The molecule has 0 fully saturated rings. The fraction of sp³-hybridized carbons (Fsp3) is 0.556. The topological polar surface area (TPSA) is 52.6 Å². The number of halogens is 1. The van der Waals surface area contributed by atoms with Gasteiger partial charge in [-0.3, -0.25) is 0 Å². The van der Waals surface area contributed by atoms with Gasteiger partial charge in [0.25, 0.3) is 0 Å². The van der Waals surface area contributed by atoms with Crippen LogP contribution in [0.4, 0.5) is 0 Å². The molecule has 0 saturated carbocycles. The molecule has 1 rings (SSSR count). The normalized spacial score (nSPS) is 10.9. The highest BCUT2D eigenvalue weighted by Crippen LogP contribution is 2.19. The first-order valence-electron chi connectivity index (χ1n) is 7.95. The van der Waals surface area contributed by atoms with E-state index in [2.05, 4.69) is 43.6 Å². The molecule has 4 nitrogen and oxygen atoms in total. The quantitative estimate of drug-likeness (QED) is 0.600. The Morgan fingerprint density at radius 2 is 1.39 bits per heavy atom. The Balaban J connectivity index is 2.79. The van der Waals surface area contributed by atoms with Gasteiger partial charge >= 0.3 is 11.9 Å². The lowest BCUT2D eigenvalue weighted by molar-refractivity contribution is 0.0440. The molecule has 0 aliphatic heterocycles. The van der Waals surface area contributed by atoms with Crippen molar-refractivity contribution in [2.45, 2.75) is 40.5 Å². The van der Waals surface area contributed by atoms with Crippen molar-refractivity contribution < 1.29 is 19.1 Å². The molecule has 0 spiro atoms. The van der Waals surface area contributed by atoms with Crippen LogP contribution >= 0.6 is 15.9 Å². The number of carbonyl (C=O) groups excluding carboxylic acids is 2. The lowest BCUT2D eigenvalue weighted by Crippen LogP contribution is -2.16. The number of rotatable bonds is 8. The van der Waals surface area contributed by atoms with Crippen LogP contribution < -0.4 is 0 Å². The summed E-state index contributed by atoms with van der Waals surface area (Å²) in [7, 11) is 0. The van der Waals surface area contributed by atoms with E-state index < -0.39 is 11.9 Å². The van der Waals surface area contributed by atoms with Gasteiger partial charge in [-0.1, -0.05) is 43.6 Å². The summed E-state index contributed by atoms with van der Waals surface area (Å²) in [6.45, 7) is 8.92. The van der Waals surface area contributed by atoms with E-state index in [0.717, 1.165) is 12.8 Å². The fourth-order valence-electron chi connectivity index (χ4n) is 1.79. The zero-order chi connectivity index (χ0) is 17.4. The van der Waals surface area contributed by atoms with Crippen molar-refractivity contribution in [3.05, 3.63) is 33.8 Å². The molecular weight excluding hydrogens is 360 g/mol. The third-order valence-corrected chi connectivity index (χ3v) is 3.77. The van der Waals surface area contributed by atoms with E-state index in [1.54, 1.807) is 18.2 Å². The molecule has 23 heavy (non-hydrogen) atoms. The Bertz CT molecular complexity index is 538. The first-order valence-corrected chi connectivity index (χ1v) is 8.74. The molecule has 0 aromatic heterocycles. The lowest BCUT2D eigenvalue weighted by atomic mass is 10.1. The summed E-state index contributed by atoms with van der Waals surface area (Å²) >= 11 is 3.32. The average molecular weight is 385 g/mol. The monoisotopic (exact) mass is 384 g/mol. The number of ether oxygens (including phenoxy) is 2. The van der Waals surface area contributed by atoms with Gasteiger partial charge in [0.2, 0.25) is 0 Å². The van der Waals surface area contributed by atoms with Crippen molar-refractivity contribution in [2.75, 3.05) is 13.2 Å². The van der Waals surface area contributed by atoms with Crippen molar-refractivity contribution >= 4 is 27.9 Å². The Kier molecular flexibility index (Phi) is 8.31. The van der Waals surface area contributed by atoms with Gasteiger partial charge in [-0.25, -0.2) is 9.59 Å². The van der Waals surface area contributed by atoms with Gasteiger partial charge in [-0.05, 0) is 42.9 Å². The van der Waals surface area contributed by atoms with Gasteiger partial charge in [0.1, 0.15) is 0 Å². The predicted molar refractivity (Wildman–Crippen MR) is 93.6 cm³/mol. The molecule has 5 heteroatoms. The third-order valence-electron chi connectivity index (χ3n) is 3.28. The Morgan fingerprint density at radius 3 is 1.87 bits per heavy atom. The van der Waals surface area contributed by atoms with Gasteiger partial charge in [0, 0.05) is 4.47 Å². The number of benzene rings is 1. The largest absolute Gasteiger partial charge is 0.462 e. The Labute approximate surface area is 146 Å². The number of hydrogen-bond donors (Lipinski definition) is 0.